The minimum Gasteiger partial charge on any atom is -0.349 e. The number of amides is 1. The van der Waals surface area contributed by atoms with Gasteiger partial charge >= 0.3 is 0 Å². The molecule has 1 atom stereocenters. The van der Waals surface area contributed by atoms with Crippen molar-refractivity contribution in [1.82, 2.24) is 14.9 Å². The summed E-state index contributed by atoms with van der Waals surface area (Å²) in [7, 11) is 3.66. The Bertz CT molecular complexity index is 1120. The van der Waals surface area contributed by atoms with Crippen molar-refractivity contribution >= 4 is 45.2 Å². The first kappa shape index (κ1) is 17.3. The number of thiophene rings is 1. The normalized spacial score (nSPS) is 17.4. The van der Waals surface area contributed by atoms with Crippen LogP contribution in [0.1, 0.15) is 28.0 Å². The standard InChI is InChI=1S/C21H21N5OS/c1-26(2)21(27)12-4-6-16-17(8-12)28-20-18(16)19(23-11-24-20)25-15-5-3-13-9-22-10-14(13)7-15/h3,5,7,10-12H,4,6,8-9H2,1-2H3,(H,23,24,25)/t12-/m0/s1. The molecule has 0 fully saturated rings. The van der Waals surface area contributed by atoms with Crippen LogP contribution in [0.25, 0.3) is 10.2 Å². The largest absolute Gasteiger partial charge is 0.349 e. The zero-order valence-corrected chi connectivity index (χ0v) is 16.7. The average molecular weight is 392 g/mol. The van der Waals surface area contributed by atoms with Crippen LogP contribution >= 0.6 is 11.3 Å². The molecular formula is C21H21N5OS. The second-order valence-electron chi connectivity index (χ2n) is 7.59. The lowest BCUT2D eigenvalue weighted by atomic mass is 9.87. The number of hydrogen-bond donors (Lipinski definition) is 1. The quantitative estimate of drug-likeness (QED) is 0.741. The van der Waals surface area contributed by atoms with Crippen LogP contribution in [0.5, 0.6) is 0 Å². The van der Waals surface area contributed by atoms with Gasteiger partial charge in [-0.2, -0.15) is 0 Å². The summed E-state index contributed by atoms with van der Waals surface area (Å²) >= 11 is 1.69. The van der Waals surface area contributed by atoms with Gasteiger partial charge in [-0.3, -0.25) is 9.79 Å². The molecule has 7 heteroatoms. The molecule has 6 nitrogen and oxygen atoms in total. The molecule has 0 unspecified atom stereocenters. The molecule has 0 saturated heterocycles. The van der Waals surface area contributed by atoms with Crippen molar-refractivity contribution < 1.29 is 4.79 Å². The van der Waals surface area contributed by atoms with E-state index in [1.165, 1.54) is 16.0 Å². The van der Waals surface area contributed by atoms with Crippen LogP contribution in [0.3, 0.4) is 0 Å². The third-order valence-corrected chi connectivity index (χ3v) is 6.70. The molecule has 0 bridgehead atoms. The fourth-order valence-electron chi connectivity index (χ4n) is 4.10. The van der Waals surface area contributed by atoms with Gasteiger partial charge in [0.15, 0.2) is 0 Å². The Morgan fingerprint density at radius 2 is 2.18 bits per heavy atom. The molecule has 1 N–H and O–H groups in total. The fourth-order valence-corrected chi connectivity index (χ4v) is 5.36. The van der Waals surface area contributed by atoms with Gasteiger partial charge in [0.25, 0.3) is 0 Å². The zero-order valence-electron chi connectivity index (χ0n) is 15.9. The maximum Gasteiger partial charge on any atom is 0.225 e. The first-order valence-corrected chi connectivity index (χ1v) is 10.3. The number of carbonyl (C=O) groups excluding carboxylic acids is 1. The van der Waals surface area contributed by atoms with Crippen LogP contribution in [0.15, 0.2) is 29.5 Å². The van der Waals surface area contributed by atoms with Gasteiger partial charge in [0, 0.05) is 36.8 Å². The molecular weight excluding hydrogens is 370 g/mol. The van der Waals surface area contributed by atoms with E-state index in [9.17, 15) is 4.79 Å². The number of carbonyl (C=O) groups is 1. The molecule has 2 aliphatic rings. The molecule has 3 aromatic rings. The summed E-state index contributed by atoms with van der Waals surface area (Å²) in [6.45, 7) is 0.762. The molecule has 0 spiro atoms. The minimum atomic E-state index is 0.0657. The van der Waals surface area contributed by atoms with Crippen molar-refractivity contribution in [2.24, 2.45) is 10.9 Å². The van der Waals surface area contributed by atoms with Crippen molar-refractivity contribution in [3.63, 3.8) is 0 Å². The fraction of sp³-hybridized carbons (Fsp3) is 0.333. The second kappa shape index (κ2) is 6.67. The predicted molar refractivity (Wildman–Crippen MR) is 113 cm³/mol. The predicted octanol–water partition coefficient (Wildman–Crippen LogP) is 3.56. The first-order chi connectivity index (χ1) is 13.6. The summed E-state index contributed by atoms with van der Waals surface area (Å²) in [5, 5.41) is 4.59. The monoisotopic (exact) mass is 391 g/mol. The van der Waals surface area contributed by atoms with Crippen LogP contribution in [-0.2, 0) is 24.2 Å². The smallest absolute Gasteiger partial charge is 0.225 e. The van der Waals surface area contributed by atoms with Gasteiger partial charge in [-0.05, 0) is 48.1 Å². The van der Waals surface area contributed by atoms with Crippen LogP contribution < -0.4 is 5.32 Å². The molecule has 2 aromatic heterocycles. The number of fused-ring (bicyclic) bond motifs is 4. The zero-order chi connectivity index (χ0) is 19.3. The third-order valence-electron chi connectivity index (χ3n) is 5.54. The number of aliphatic imine (C=N–C) groups is 1. The van der Waals surface area contributed by atoms with Gasteiger partial charge in [-0.25, -0.2) is 9.97 Å². The Kier molecular flexibility index (Phi) is 4.12. The van der Waals surface area contributed by atoms with Crippen molar-refractivity contribution in [3.05, 3.63) is 46.1 Å². The third kappa shape index (κ3) is 2.86. The number of nitrogens with zero attached hydrogens (tertiary/aromatic N) is 4. The summed E-state index contributed by atoms with van der Waals surface area (Å²) in [5.74, 6) is 1.12. The molecule has 1 aliphatic carbocycles. The number of aromatic nitrogens is 2. The highest BCUT2D eigenvalue weighted by Gasteiger charge is 2.29. The molecule has 1 aliphatic heterocycles. The SMILES string of the molecule is CN(C)C(=O)[C@H]1CCc2c(sc3ncnc(Nc4ccc5c(c4)C=NC5)c23)C1. The molecule has 28 heavy (non-hydrogen) atoms. The number of hydrogen-bond acceptors (Lipinski definition) is 6. The van der Waals surface area contributed by atoms with Crippen molar-refractivity contribution in [2.45, 2.75) is 25.8 Å². The lowest BCUT2D eigenvalue weighted by Crippen LogP contribution is -2.32. The minimum absolute atomic E-state index is 0.0657. The van der Waals surface area contributed by atoms with Crippen molar-refractivity contribution in [3.8, 4) is 0 Å². The van der Waals surface area contributed by atoms with Gasteiger partial charge in [0.2, 0.25) is 5.91 Å². The van der Waals surface area contributed by atoms with Crippen LogP contribution in [0.2, 0.25) is 0 Å². The van der Waals surface area contributed by atoms with Gasteiger partial charge in [0.1, 0.15) is 17.0 Å². The average Bonchev–Trinajstić information content (AvgIpc) is 3.30. The second-order valence-corrected chi connectivity index (χ2v) is 8.67. The summed E-state index contributed by atoms with van der Waals surface area (Å²) in [6, 6.07) is 6.31. The molecule has 142 valence electrons. The molecule has 5 rings (SSSR count). The van der Waals surface area contributed by atoms with E-state index < -0.39 is 0 Å². The highest BCUT2D eigenvalue weighted by molar-refractivity contribution is 7.19. The molecule has 1 amide bonds. The Morgan fingerprint density at radius 3 is 3.04 bits per heavy atom. The summed E-state index contributed by atoms with van der Waals surface area (Å²) < 4.78 is 0. The van der Waals surface area contributed by atoms with Gasteiger partial charge < -0.3 is 10.2 Å². The maximum atomic E-state index is 12.4. The van der Waals surface area contributed by atoms with E-state index in [1.54, 1.807) is 22.6 Å². The molecule has 0 saturated carbocycles. The van der Waals surface area contributed by atoms with E-state index in [2.05, 4.69) is 38.5 Å². The number of rotatable bonds is 3. The number of aryl methyl sites for hydroxylation is 1. The van der Waals surface area contributed by atoms with E-state index in [1.807, 2.05) is 20.3 Å². The number of benzene rings is 1. The number of nitrogens with one attached hydrogen (secondary N) is 1. The van der Waals surface area contributed by atoms with E-state index in [-0.39, 0.29) is 11.8 Å². The Hall–Kier alpha value is -2.80. The Balaban J connectivity index is 1.50. The lowest BCUT2D eigenvalue weighted by Gasteiger charge is -2.24. The highest BCUT2D eigenvalue weighted by Crippen LogP contribution is 2.40. The summed E-state index contributed by atoms with van der Waals surface area (Å²) in [6.07, 6.45) is 6.09. The van der Waals surface area contributed by atoms with Crippen LogP contribution in [0, 0.1) is 5.92 Å². The van der Waals surface area contributed by atoms with E-state index in [4.69, 9.17) is 0 Å². The van der Waals surface area contributed by atoms with Gasteiger partial charge in [-0.15, -0.1) is 11.3 Å². The van der Waals surface area contributed by atoms with Crippen molar-refractivity contribution in [2.75, 3.05) is 19.4 Å². The van der Waals surface area contributed by atoms with Crippen LogP contribution in [-0.4, -0.2) is 41.1 Å². The number of anilines is 2. The highest BCUT2D eigenvalue weighted by atomic mass is 32.1. The molecule has 1 aromatic carbocycles. The first-order valence-electron chi connectivity index (χ1n) is 9.46. The topological polar surface area (TPSA) is 70.5 Å². The van der Waals surface area contributed by atoms with Crippen molar-refractivity contribution in [1.29, 1.82) is 0 Å². The molecule has 0 radical (unpaired) electrons. The lowest BCUT2D eigenvalue weighted by molar-refractivity contribution is -0.133. The van der Waals surface area contributed by atoms with E-state index in [0.29, 0.717) is 0 Å². The summed E-state index contributed by atoms with van der Waals surface area (Å²) in [4.78, 5) is 29.7. The summed E-state index contributed by atoms with van der Waals surface area (Å²) in [5.41, 5.74) is 4.72. The Labute approximate surface area is 167 Å². The van der Waals surface area contributed by atoms with Gasteiger partial charge in [-0.1, -0.05) is 6.07 Å². The van der Waals surface area contributed by atoms with Crippen LogP contribution in [0.4, 0.5) is 11.5 Å². The Morgan fingerprint density at radius 1 is 1.29 bits per heavy atom. The van der Waals surface area contributed by atoms with E-state index in [0.717, 1.165) is 53.1 Å². The maximum absolute atomic E-state index is 12.4. The molecule has 3 heterocycles. The van der Waals surface area contributed by atoms with E-state index >= 15 is 0 Å². The van der Waals surface area contributed by atoms with Gasteiger partial charge in [0.05, 0.1) is 11.9 Å².